The third-order valence-electron chi connectivity index (χ3n) is 5.26. The van der Waals surface area contributed by atoms with Crippen molar-refractivity contribution >= 4 is 17.3 Å². The number of ether oxygens (including phenoxy) is 2. The van der Waals surface area contributed by atoms with Gasteiger partial charge in [0, 0.05) is 31.0 Å². The van der Waals surface area contributed by atoms with Crippen LogP contribution in [0.25, 0.3) is 0 Å². The topological polar surface area (TPSA) is 68.0 Å². The van der Waals surface area contributed by atoms with Gasteiger partial charge in [0.05, 0.1) is 20.8 Å². The van der Waals surface area contributed by atoms with E-state index in [0.29, 0.717) is 31.1 Å². The van der Waals surface area contributed by atoms with Gasteiger partial charge in [0.1, 0.15) is 0 Å². The van der Waals surface area contributed by atoms with Crippen LogP contribution in [0.1, 0.15) is 24.5 Å². The normalized spacial score (nSPS) is 13.0. The number of likely N-dealkylation sites (N-methyl/N-ethyl adjacent to an activating group) is 1. The lowest BCUT2D eigenvalue weighted by Crippen LogP contribution is -2.42. The number of nitrogens with two attached hydrogens (primary N) is 1. The average Bonchev–Trinajstić information content (AvgIpc) is 2.72. The van der Waals surface area contributed by atoms with Crippen LogP contribution in [-0.4, -0.2) is 44.7 Å². The second-order valence-corrected chi connectivity index (χ2v) is 6.97. The summed E-state index contributed by atoms with van der Waals surface area (Å²) < 4.78 is 10.7. The lowest BCUT2D eigenvalue weighted by molar-refractivity contribution is -0.130. The molecule has 0 spiro atoms. The van der Waals surface area contributed by atoms with Gasteiger partial charge in [0.2, 0.25) is 5.91 Å². The van der Waals surface area contributed by atoms with Crippen molar-refractivity contribution in [1.82, 2.24) is 4.90 Å². The monoisotopic (exact) mass is 383 g/mol. The highest BCUT2D eigenvalue weighted by atomic mass is 16.5. The number of anilines is 2. The smallest absolute Gasteiger partial charge is 0.242 e. The van der Waals surface area contributed by atoms with Gasteiger partial charge in [0.25, 0.3) is 0 Å². The predicted octanol–water partition coefficient (Wildman–Crippen LogP) is 3.09. The molecular weight excluding hydrogens is 354 g/mol. The summed E-state index contributed by atoms with van der Waals surface area (Å²) in [6.45, 7) is 4.41. The molecule has 0 unspecified atom stereocenters. The molecule has 0 saturated carbocycles. The molecule has 2 aromatic carbocycles. The maximum absolute atomic E-state index is 13.0. The molecule has 3 rings (SSSR count). The predicted molar refractivity (Wildman–Crippen MR) is 112 cm³/mol. The largest absolute Gasteiger partial charge is 0.493 e. The Hall–Kier alpha value is -2.89. The minimum Gasteiger partial charge on any atom is -0.493 e. The first-order valence-electron chi connectivity index (χ1n) is 9.68. The Morgan fingerprint density at radius 1 is 1.18 bits per heavy atom. The second-order valence-electron chi connectivity index (χ2n) is 6.97. The van der Waals surface area contributed by atoms with Crippen molar-refractivity contribution < 1.29 is 14.3 Å². The molecule has 1 aliphatic heterocycles. The quantitative estimate of drug-likeness (QED) is 0.744. The van der Waals surface area contributed by atoms with Crippen LogP contribution in [0.15, 0.2) is 36.4 Å². The molecule has 0 saturated heterocycles. The van der Waals surface area contributed by atoms with Gasteiger partial charge in [-0.3, -0.25) is 4.79 Å². The van der Waals surface area contributed by atoms with Crippen LogP contribution in [0.4, 0.5) is 11.4 Å². The van der Waals surface area contributed by atoms with E-state index in [4.69, 9.17) is 15.2 Å². The van der Waals surface area contributed by atoms with E-state index in [9.17, 15) is 4.79 Å². The number of benzene rings is 2. The van der Waals surface area contributed by atoms with E-state index in [2.05, 4.69) is 11.0 Å². The van der Waals surface area contributed by atoms with Crippen LogP contribution in [-0.2, 0) is 17.8 Å². The van der Waals surface area contributed by atoms with Crippen molar-refractivity contribution in [2.24, 2.45) is 0 Å². The van der Waals surface area contributed by atoms with E-state index in [1.54, 1.807) is 14.2 Å². The first kappa shape index (κ1) is 19.9. The molecule has 2 aromatic rings. The van der Waals surface area contributed by atoms with Crippen LogP contribution >= 0.6 is 0 Å². The number of hydrogen-bond donors (Lipinski definition) is 1. The summed E-state index contributed by atoms with van der Waals surface area (Å²) in [6.07, 6.45) is 1.98. The summed E-state index contributed by atoms with van der Waals surface area (Å²) >= 11 is 0. The summed E-state index contributed by atoms with van der Waals surface area (Å²) in [5.74, 6) is 1.46. The van der Waals surface area contributed by atoms with Crippen LogP contribution in [0.2, 0.25) is 0 Å². The molecule has 0 radical (unpaired) electrons. The molecule has 2 N–H and O–H groups in total. The fraction of sp³-hybridized carbons (Fsp3) is 0.409. The van der Waals surface area contributed by atoms with Crippen molar-refractivity contribution in [2.75, 3.05) is 44.5 Å². The molecule has 1 amide bonds. The summed E-state index contributed by atoms with van der Waals surface area (Å²) in [5.41, 5.74) is 10.2. The van der Waals surface area contributed by atoms with Crippen molar-refractivity contribution in [3.8, 4) is 11.5 Å². The van der Waals surface area contributed by atoms with Gasteiger partial charge in [0.15, 0.2) is 11.5 Å². The molecule has 0 atom stereocenters. The fourth-order valence-corrected chi connectivity index (χ4v) is 3.73. The summed E-state index contributed by atoms with van der Waals surface area (Å²) in [5, 5.41) is 0. The van der Waals surface area contributed by atoms with E-state index in [1.165, 1.54) is 0 Å². The Morgan fingerprint density at radius 3 is 2.68 bits per heavy atom. The number of amides is 1. The van der Waals surface area contributed by atoms with Crippen LogP contribution in [0, 0.1) is 0 Å². The van der Waals surface area contributed by atoms with Crippen LogP contribution in [0.3, 0.4) is 0 Å². The number of fused-ring (bicyclic) bond motifs is 1. The second kappa shape index (κ2) is 8.87. The maximum Gasteiger partial charge on any atom is 0.242 e. The first-order chi connectivity index (χ1) is 13.6. The fourth-order valence-electron chi connectivity index (χ4n) is 3.73. The number of nitrogen functional groups attached to an aromatic ring is 1. The average molecular weight is 383 g/mol. The van der Waals surface area contributed by atoms with Gasteiger partial charge in [-0.25, -0.2) is 0 Å². The zero-order valence-electron chi connectivity index (χ0n) is 16.9. The lowest BCUT2D eigenvalue weighted by Gasteiger charge is -2.33. The first-order valence-corrected chi connectivity index (χ1v) is 9.68. The molecule has 0 aromatic heterocycles. The van der Waals surface area contributed by atoms with Gasteiger partial charge in [-0.1, -0.05) is 12.1 Å². The van der Waals surface area contributed by atoms with Gasteiger partial charge < -0.3 is 25.0 Å². The van der Waals surface area contributed by atoms with Gasteiger partial charge in [-0.05, 0) is 55.2 Å². The highest BCUT2D eigenvalue weighted by Crippen LogP contribution is 2.31. The molecule has 0 bridgehead atoms. The Bertz CT molecular complexity index is 838. The number of hydrogen-bond acceptors (Lipinski definition) is 5. The van der Waals surface area contributed by atoms with Gasteiger partial charge in [-0.2, -0.15) is 0 Å². The van der Waals surface area contributed by atoms with E-state index in [1.807, 2.05) is 42.2 Å². The molecule has 150 valence electrons. The summed E-state index contributed by atoms with van der Waals surface area (Å²) in [7, 11) is 3.23. The zero-order chi connectivity index (χ0) is 20.1. The third kappa shape index (κ3) is 4.16. The summed E-state index contributed by atoms with van der Waals surface area (Å²) in [6, 6.07) is 11.7. The lowest BCUT2D eigenvalue weighted by atomic mass is 10.00. The Labute approximate surface area is 166 Å². The Morgan fingerprint density at radius 2 is 1.96 bits per heavy atom. The SMILES string of the molecule is CCN(Cc1ccc(OC)c(OC)c1)C(=O)CN1CCCc2c(N)cccc21. The molecule has 1 aliphatic rings. The summed E-state index contributed by atoms with van der Waals surface area (Å²) in [4.78, 5) is 17.0. The number of carbonyl (C=O) groups is 1. The molecule has 6 nitrogen and oxygen atoms in total. The minimum absolute atomic E-state index is 0.104. The molecule has 0 fully saturated rings. The van der Waals surface area contributed by atoms with Crippen molar-refractivity contribution in [1.29, 1.82) is 0 Å². The zero-order valence-corrected chi connectivity index (χ0v) is 16.9. The van der Waals surface area contributed by atoms with Crippen LogP contribution in [0.5, 0.6) is 11.5 Å². The molecule has 28 heavy (non-hydrogen) atoms. The van der Waals surface area contributed by atoms with Gasteiger partial charge >= 0.3 is 0 Å². The van der Waals surface area contributed by atoms with Crippen molar-refractivity contribution in [2.45, 2.75) is 26.3 Å². The Balaban J connectivity index is 1.72. The molecular formula is C22H29N3O3. The number of methoxy groups -OCH3 is 2. The van der Waals surface area contributed by atoms with E-state index >= 15 is 0 Å². The standard InChI is InChI=1S/C22H29N3O3/c1-4-24(14-16-10-11-20(27-2)21(13-16)28-3)22(26)15-25-12-6-7-17-18(23)8-5-9-19(17)25/h5,8-11,13H,4,6-7,12,14-15,23H2,1-3H3. The maximum atomic E-state index is 13.0. The number of carbonyl (C=O) groups excluding carboxylic acids is 1. The molecule has 1 heterocycles. The van der Waals surface area contributed by atoms with E-state index < -0.39 is 0 Å². The number of rotatable bonds is 7. The van der Waals surface area contributed by atoms with Crippen molar-refractivity contribution in [3.63, 3.8) is 0 Å². The van der Waals surface area contributed by atoms with E-state index in [-0.39, 0.29) is 5.91 Å². The molecule has 0 aliphatic carbocycles. The van der Waals surface area contributed by atoms with E-state index in [0.717, 1.165) is 41.9 Å². The third-order valence-corrected chi connectivity index (χ3v) is 5.26. The highest BCUT2D eigenvalue weighted by molar-refractivity contribution is 5.82. The van der Waals surface area contributed by atoms with Crippen LogP contribution < -0.4 is 20.1 Å². The molecule has 6 heteroatoms. The highest BCUT2D eigenvalue weighted by Gasteiger charge is 2.23. The Kier molecular flexibility index (Phi) is 6.29. The van der Waals surface area contributed by atoms with Crippen molar-refractivity contribution in [3.05, 3.63) is 47.5 Å². The minimum atomic E-state index is 0.104. The number of nitrogens with zero attached hydrogens (tertiary/aromatic N) is 2. The van der Waals surface area contributed by atoms with Gasteiger partial charge in [-0.15, -0.1) is 0 Å².